The Morgan fingerprint density at radius 2 is 1.51 bits per heavy atom. The molecule has 0 spiro atoms. The van der Waals surface area contributed by atoms with Crippen molar-refractivity contribution in [2.75, 3.05) is 0 Å². The molecule has 0 aromatic heterocycles. The van der Waals surface area contributed by atoms with Crippen LogP contribution in [0.2, 0.25) is 0 Å². The van der Waals surface area contributed by atoms with E-state index in [1.165, 1.54) is 41.5 Å². The number of unbranched alkanes of at least 4 members (excludes halogenated alkanes) is 1. The first-order valence-corrected chi connectivity index (χ1v) is 12.3. The summed E-state index contributed by atoms with van der Waals surface area (Å²) in [5, 5.41) is 45.5. The van der Waals surface area contributed by atoms with E-state index in [1.807, 2.05) is 6.92 Å². The van der Waals surface area contributed by atoms with E-state index in [9.17, 15) is 25.4 Å². The quantitative estimate of drug-likeness (QED) is 0.146. The van der Waals surface area contributed by atoms with Gasteiger partial charge in [0.2, 0.25) is 17.8 Å². The Balaban J connectivity index is 1.61. The molecule has 1 unspecified atom stereocenters. The Labute approximate surface area is 222 Å². The van der Waals surface area contributed by atoms with Gasteiger partial charge in [0.05, 0.1) is 15.8 Å². The zero-order chi connectivity index (χ0) is 27.6. The van der Waals surface area contributed by atoms with Gasteiger partial charge in [-0.05, 0) is 30.7 Å². The van der Waals surface area contributed by atoms with E-state index in [-0.39, 0.29) is 17.2 Å². The second kappa shape index (κ2) is 10.5. The molecule has 1 fully saturated rings. The lowest BCUT2D eigenvalue weighted by atomic mass is 9.84. The summed E-state index contributed by atoms with van der Waals surface area (Å²) in [6.45, 7) is 2.02. The number of fused-ring (bicyclic) bond motifs is 1. The van der Waals surface area contributed by atoms with Crippen LogP contribution >= 0.6 is 0 Å². The monoisotopic (exact) mass is 532 g/mol. The topological polar surface area (TPSA) is 159 Å². The van der Waals surface area contributed by atoms with Crippen molar-refractivity contribution in [3.63, 3.8) is 0 Å². The third-order valence-corrected chi connectivity index (χ3v) is 6.72. The molecule has 13 nitrogen and oxygen atoms in total. The van der Waals surface area contributed by atoms with Gasteiger partial charge in [-0.3, -0.25) is 20.2 Å². The lowest BCUT2D eigenvalue weighted by molar-refractivity contribution is -0.455. The molecule has 13 heteroatoms. The molecule has 2 aliphatic heterocycles. The number of oxime groups is 1. The molecular formula is C26H24N6O7. The number of hydrogen-bond acceptors (Lipinski definition) is 10. The standard InChI is InChI=1S/C26H24N6O7/c1-2-3-9-23-25(27-30(33)20-7-5-4-6-8-20)38-29-24(18-10-14-21(15-11-18)31(34)35)28-39-26(23,29)19-12-16-22(17-13-19)32(36)37/h4-8,10-17,23,25H,2-3,9H2,1H3/b30-27-/t23-,25+,26?/m0/s1. The van der Waals surface area contributed by atoms with E-state index in [4.69, 9.17) is 9.68 Å². The van der Waals surface area contributed by atoms with Crippen molar-refractivity contribution >= 4 is 22.9 Å². The van der Waals surface area contributed by atoms with Gasteiger partial charge in [-0.15, -0.1) is 0 Å². The molecule has 0 N–H and O–H groups in total. The minimum absolute atomic E-state index is 0.0965. The van der Waals surface area contributed by atoms with Crippen molar-refractivity contribution in [3.8, 4) is 0 Å². The molecule has 39 heavy (non-hydrogen) atoms. The number of azo groups is 1. The summed E-state index contributed by atoms with van der Waals surface area (Å²) in [4.78, 5) is 34.3. The summed E-state index contributed by atoms with van der Waals surface area (Å²) in [7, 11) is 0. The van der Waals surface area contributed by atoms with Gasteiger partial charge < -0.3 is 10.0 Å². The second-order valence-corrected chi connectivity index (χ2v) is 9.07. The number of para-hydroxylation sites is 1. The summed E-state index contributed by atoms with van der Waals surface area (Å²) < 4.78 is 0. The number of rotatable bonds is 9. The molecule has 0 saturated carbocycles. The summed E-state index contributed by atoms with van der Waals surface area (Å²) in [5.41, 5.74) is -0.285. The minimum atomic E-state index is -1.40. The number of amidine groups is 1. The Morgan fingerprint density at radius 3 is 2.10 bits per heavy atom. The van der Waals surface area contributed by atoms with Crippen molar-refractivity contribution in [3.05, 3.63) is 115 Å². The van der Waals surface area contributed by atoms with Gasteiger partial charge in [0.1, 0.15) is 0 Å². The molecule has 1 saturated heterocycles. The molecule has 200 valence electrons. The van der Waals surface area contributed by atoms with Gasteiger partial charge >= 0.3 is 0 Å². The summed E-state index contributed by atoms with van der Waals surface area (Å²) in [6, 6.07) is 20.0. The first kappa shape index (κ1) is 25.7. The highest BCUT2D eigenvalue weighted by Gasteiger charge is 2.65. The average molecular weight is 533 g/mol. The maximum atomic E-state index is 13.0. The van der Waals surface area contributed by atoms with E-state index in [1.54, 1.807) is 42.5 Å². The van der Waals surface area contributed by atoms with Crippen LogP contribution in [0, 0.1) is 31.4 Å². The van der Waals surface area contributed by atoms with Crippen LogP contribution in [0.25, 0.3) is 0 Å². The lowest BCUT2D eigenvalue weighted by Crippen LogP contribution is -2.45. The van der Waals surface area contributed by atoms with Crippen LogP contribution in [0.3, 0.4) is 0 Å². The van der Waals surface area contributed by atoms with Gasteiger partial charge in [0.25, 0.3) is 17.1 Å². The van der Waals surface area contributed by atoms with Gasteiger partial charge in [-0.2, -0.15) is 5.06 Å². The SMILES string of the molecule is CCCC[C@H]1[C@H](/N=[N+](\[O-])c2ccccc2)ON2C(c3ccc([N+](=O)[O-])cc3)=NOC12c1ccc([N+](=O)[O-])cc1. The second-order valence-electron chi connectivity index (χ2n) is 9.07. The van der Waals surface area contributed by atoms with E-state index >= 15 is 0 Å². The van der Waals surface area contributed by atoms with Crippen LogP contribution in [0.1, 0.15) is 37.3 Å². The van der Waals surface area contributed by atoms with Crippen LogP contribution in [0.15, 0.2) is 89.1 Å². The van der Waals surface area contributed by atoms with E-state index in [0.717, 1.165) is 12.8 Å². The smallest absolute Gasteiger partial charge is 0.269 e. The van der Waals surface area contributed by atoms with Crippen molar-refractivity contribution in [2.24, 2.45) is 16.2 Å². The van der Waals surface area contributed by atoms with Crippen molar-refractivity contribution in [1.29, 1.82) is 0 Å². The Hall–Kier alpha value is -4.91. The van der Waals surface area contributed by atoms with Gasteiger partial charge in [-0.25, -0.2) is 4.84 Å². The van der Waals surface area contributed by atoms with Crippen LogP contribution in [-0.4, -0.2) is 31.8 Å². The van der Waals surface area contributed by atoms with Crippen molar-refractivity contribution in [1.82, 2.24) is 5.06 Å². The number of nitro groups is 2. The molecule has 0 radical (unpaired) electrons. The molecule has 0 amide bonds. The van der Waals surface area contributed by atoms with Crippen molar-refractivity contribution in [2.45, 2.75) is 38.1 Å². The maximum Gasteiger partial charge on any atom is 0.269 e. The van der Waals surface area contributed by atoms with Crippen LogP contribution in [-0.2, 0) is 15.4 Å². The van der Waals surface area contributed by atoms with Crippen LogP contribution in [0.5, 0.6) is 0 Å². The van der Waals surface area contributed by atoms with Crippen LogP contribution in [0.4, 0.5) is 17.1 Å². The number of nitro benzene ring substituents is 2. The minimum Gasteiger partial charge on any atom is -0.594 e. The van der Waals surface area contributed by atoms with Gasteiger partial charge in [-0.1, -0.05) is 48.0 Å². The number of nitrogens with zero attached hydrogens (tertiary/aromatic N) is 6. The number of hydroxylamine groups is 2. The predicted octanol–water partition coefficient (Wildman–Crippen LogP) is 5.72. The molecule has 2 aliphatic rings. The third kappa shape index (κ3) is 4.63. The highest BCUT2D eigenvalue weighted by Crippen LogP contribution is 2.52. The summed E-state index contributed by atoms with van der Waals surface area (Å²) in [6.07, 6.45) is 1.13. The van der Waals surface area contributed by atoms with Crippen LogP contribution < -0.4 is 0 Å². The highest BCUT2D eigenvalue weighted by atomic mass is 16.8. The fraction of sp³-hybridized carbons (Fsp3) is 0.269. The first-order valence-electron chi connectivity index (χ1n) is 12.3. The third-order valence-electron chi connectivity index (χ3n) is 6.72. The van der Waals surface area contributed by atoms with Gasteiger partial charge in [0, 0.05) is 52.6 Å². The fourth-order valence-corrected chi connectivity index (χ4v) is 4.76. The maximum absolute atomic E-state index is 13.0. The number of non-ortho nitro benzene ring substituents is 2. The van der Waals surface area contributed by atoms with Crippen molar-refractivity contribution < 1.29 is 24.4 Å². The molecule has 3 atom stereocenters. The van der Waals surface area contributed by atoms with E-state index in [2.05, 4.69) is 10.3 Å². The zero-order valence-corrected chi connectivity index (χ0v) is 20.8. The fourth-order valence-electron chi connectivity index (χ4n) is 4.76. The molecular weight excluding hydrogens is 508 g/mol. The summed E-state index contributed by atoms with van der Waals surface area (Å²) >= 11 is 0. The molecule has 0 aliphatic carbocycles. The Bertz CT molecular complexity index is 1430. The molecule has 3 aromatic carbocycles. The van der Waals surface area contributed by atoms with E-state index in [0.29, 0.717) is 28.1 Å². The summed E-state index contributed by atoms with van der Waals surface area (Å²) in [5.74, 6) is -0.321. The predicted molar refractivity (Wildman–Crippen MR) is 137 cm³/mol. The normalized spacial score (nSPS) is 22.2. The number of benzene rings is 3. The molecule has 0 bridgehead atoms. The van der Waals surface area contributed by atoms with Gasteiger partial charge in [0.15, 0.2) is 0 Å². The molecule has 3 aromatic rings. The Kier molecular flexibility index (Phi) is 6.90. The largest absolute Gasteiger partial charge is 0.594 e. The highest BCUT2D eigenvalue weighted by molar-refractivity contribution is 5.99. The molecule has 5 rings (SSSR count). The number of hydrogen-bond donors (Lipinski definition) is 0. The Morgan fingerprint density at radius 1 is 0.897 bits per heavy atom. The zero-order valence-electron chi connectivity index (χ0n) is 20.8. The van der Waals surface area contributed by atoms with E-state index < -0.39 is 27.7 Å². The first-order chi connectivity index (χ1) is 18.8. The average Bonchev–Trinajstić information content (AvgIpc) is 3.47. The molecule has 2 heterocycles. The lowest BCUT2D eigenvalue weighted by Gasteiger charge is -2.32.